The van der Waals surface area contributed by atoms with E-state index in [1.54, 1.807) is 6.20 Å². The summed E-state index contributed by atoms with van der Waals surface area (Å²) in [6, 6.07) is 6.65. The van der Waals surface area contributed by atoms with Gasteiger partial charge in [0.15, 0.2) is 0 Å². The molecular formula is C22H27N5. The molecule has 27 heavy (non-hydrogen) atoms. The number of fused-ring (bicyclic) bond motifs is 1. The van der Waals surface area contributed by atoms with Crippen LogP contribution in [-0.4, -0.2) is 27.9 Å². The third-order valence-electron chi connectivity index (χ3n) is 5.91. The van der Waals surface area contributed by atoms with E-state index >= 15 is 0 Å². The molecule has 1 unspecified atom stereocenters. The van der Waals surface area contributed by atoms with E-state index in [2.05, 4.69) is 48.2 Å². The average molecular weight is 361 g/mol. The van der Waals surface area contributed by atoms with Gasteiger partial charge >= 0.3 is 0 Å². The van der Waals surface area contributed by atoms with Gasteiger partial charge in [-0.3, -0.25) is 0 Å². The molecule has 5 heteroatoms. The zero-order chi connectivity index (χ0) is 18.8. The largest absolute Gasteiger partial charge is 0.357 e. The number of pyridine rings is 1. The Hall–Kier alpha value is -2.61. The lowest BCUT2D eigenvalue weighted by molar-refractivity contribution is 0.436. The maximum Gasteiger partial charge on any atom is 0.128 e. The van der Waals surface area contributed by atoms with Gasteiger partial charge in [0.2, 0.25) is 0 Å². The average Bonchev–Trinajstić information content (AvgIpc) is 3.11. The number of rotatable bonds is 4. The Labute approximate surface area is 161 Å². The quantitative estimate of drug-likeness (QED) is 0.801. The van der Waals surface area contributed by atoms with Crippen LogP contribution in [0.25, 0.3) is 6.20 Å². The Morgan fingerprint density at radius 3 is 2.70 bits per heavy atom. The number of hydrogen-bond donors (Lipinski definition) is 0. The lowest BCUT2D eigenvalue weighted by Crippen LogP contribution is -2.33. The summed E-state index contributed by atoms with van der Waals surface area (Å²) in [5.74, 6) is 2.03. The molecule has 4 rings (SSSR count). The third-order valence-corrected chi connectivity index (χ3v) is 5.91. The SMILES string of the molecule is CCCC1=Cn2ncc(C#N)c2C(c2ccc(N3CCC(C)CC3)nc2)C1. The predicted octanol–water partition coefficient (Wildman–Crippen LogP) is 4.56. The number of nitriles is 1. The Morgan fingerprint density at radius 2 is 2.04 bits per heavy atom. The highest BCUT2D eigenvalue weighted by Crippen LogP contribution is 2.38. The summed E-state index contributed by atoms with van der Waals surface area (Å²) in [6.45, 7) is 6.70. The van der Waals surface area contributed by atoms with Gasteiger partial charge in [-0.2, -0.15) is 10.4 Å². The van der Waals surface area contributed by atoms with E-state index in [1.165, 1.54) is 24.0 Å². The van der Waals surface area contributed by atoms with E-state index in [4.69, 9.17) is 4.98 Å². The zero-order valence-corrected chi connectivity index (χ0v) is 16.2. The molecule has 0 radical (unpaired) electrons. The van der Waals surface area contributed by atoms with Gasteiger partial charge in [-0.25, -0.2) is 9.67 Å². The Bertz CT molecular complexity index is 863. The zero-order valence-electron chi connectivity index (χ0n) is 16.2. The van der Waals surface area contributed by atoms with Crippen LogP contribution in [-0.2, 0) is 0 Å². The van der Waals surface area contributed by atoms with Gasteiger partial charge in [-0.05, 0) is 43.2 Å². The van der Waals surface area contributed by atoms with Gasteiger partial charge in [0.05, 0.1) is 17.5 Å². The number of aromatic nitrogens is 3. The van der Waals surface area contributed by atoms with Crippen LogP contribution in [0.4, 0.5) is 5.82 Å². The summed E-state index contributed by atoms with van der Waals surface area (Å²) in [4.78, 5) is 7.17. The lowest BCUT2D eigenvalue weighted by Gasteiger charge is -2.31. The second kappa shape index (κ2) is 7.56. The molecule has 2 aliphatic heterocycles. The number of hydrogen-bond acceptors (Lipinski definition) is 4. The van der Waals surface area contributed by atoms with Crippen LogP contribution in [0.5, 0.6) is 0 Å². The first-order valence-corrected chi connectivity index (χ1v) is 10.1. The number of piperidine rings is 1. The molecule has 0 saturated carbocycles. The molecule has 0 bridgehead atoms. The van der Waals surface area contributed by atoms with E-state index in [-0.39, 0.29) is 5.92 Å². The van der Waals surface area contributed by atoms with Crippen molar-refractivity contribution < 1.29 is 0 Å². The molecule has 0 aliphatic carbocycles. The van der Waals surface area contributed by atoms with Crippen LogP contribution in [0.3, 0.4) is 0 Å². The van der Waals surface area contributed by atoms with Gasteiger partial charge in [-0.1, -0.05) is 31.9 Å². The Kier molecular flexibility index (Phi) is 4.98. The van der Waals surface area contributed by atoms with Crippen molar-refractivity contribution in [3.8, 4) is 6.07 Å². The molecule has 1 atom stereocenters. The van der Waals surface area contributed by atoms with Crippen molar-refractivity contribution in [1.29, 1.82) is 5.26 Å². The van der Waals surface area contributed by atoms with Crippen molar-refractivity contribution in [2.45, 2.75) is 51.9 Å². The molecule has 140 valence electrons. The van der Waals surface area contributed by atoms with Crippen LogP contribution in [0.15, 0.2) is 30.1 Å². The minimum absolute atomic E-state index is 0.150. The highest BCUT2D eigenvalue weighted by Gasteiger charge is 2.27. The van der Waals surface area contributed by atoms with E-state index in [0.717, 1.165) is 49.8 Å². The molecule has 2 aromatic heterocycles. The summed E-state index contributed by atoms with van der Waals surface area (Å²) in [7, 11) is 0. The maximum absolute atomic E-state index is 9.51. The van der Waals surface area contributed by atoms with Gasteiger partial charge in [-0.15, -0.1) is 0 Å². The van der Waals surface area contributed by atoms with Gasteiger partial charge < -0.3 is 4.90 Å². The maximum atomic E-state index is 9.51. The first-order valence-electron chi connectivity index (χ1n) is 10.1. The topological polar surface area (TPSA) is 57.7 Å². The third kappa shape index (κ3) is 3.49. The summed E-state index contributed by atoms with van der Waals surface area (Å²) < 4.78 is 1.90. The molecular weight excluding hydrogens is 334 g/mol. The Morgan fingerprint density at radius 1 is 1.22 bits per heavy atom. The van der Waals surface area contributed by atoms with Crippen molar-refractivity contribution in [2.24, 2.45) is 5.92 Å². The fourth-order valence-corrected chi connectivity index (χ4v) is 4.28. The Balaban J connectivity index is 1.62. The first kappa shape index (κ1) is 17.8. The molecule has 1 saturated heterocycles. The van der Waals surface area contributed by atoms with Crippen LogP contribution < -0.4 is 4.90 Å². The van der Waals surface area contributed by atoms with Crippen LogP contribution in [0.1, 0.15) is 68.7 Å². The first-order chi connectivity index (χ1) is 13.2. The minimum Gasteiger partial charge on any atom is -0.357 e. The second-order valence-electron chi connectivity index (χ2n) is 7.91. The highest BCUT2D eigenvalue weighted by atomic mass is 15.3. The van der Waals surface area contributed by atoms with E-state index in [1.807, 2.05) is 10.9 Å². The lowest BCUT2D eigenvalue weighted by atomic mass is 9.85. The van der Waals surface area contributed by atoms with Crippen LogP contribution in [0.2, 0.25) is 0 Å². The van der Waals surface area contributed by atoms with E-state index in [0.29, 0.717) is 5.56 Å². The van der Waals surface area contributed by atoms with E-state index < -0.39 is 0 Å². The van der Waals surface area contributed by atoms with Crippen LogP contribution in [0, 0.1) is 17.2 Å². The van der Waals surface area contributed by atoms with Gasteiger partial charge in [0.1, 0.15) is 11.9 Å². The number of anilines is 1. The van der Waals surface area contributed by atoms with Crippen molar-refractivity contribution in [3.63, 3.8) is 0 Å². The fourth-order valence-electron chi connectivity index (χ4n) is 4.28. The minimum atomic E-state index is 0.150. The van der Waals surface area contributed by atoms with Gasteiger partial charge in [0, 0.05) is 31.4 Å². The number of nitrogens with zero attached hydrogens (tertiary/aromatic N) is 5. The molecule has 1 fully saturated rings. The summed E-state index contributed by atoms with van der Waals surface area (Å²) in [6.07, 6.45) is 11.4. The molecule has 2 aliphatic rings. The second-order valence-corrected chi connectivity index (χ2v) is 7.91. The summed E-state index contributed by atoms with van der Waals surface area (Å²) in [5, 5.41) is 13.9. The highest BCUT2D eigenvalue weighted by molar-refractivity contribution is 5.50. The standard InChI is InChI=1S/C22H27N5/c1-3-4-17-11-20(22-19(12-23)14-25-27(22)15-17)18-5-6-21(24-13-18)26-9-7-16(2)8-10-26/h5-6,13-16,20H,3-4,7-11H2,1-2H3. The van der Waals surface area contributed by atoms with Crippen molar-refractivity contribution in [3.05, 3.63) is 46.9 Å². The van der Waals surface area contributed by atoms with E-state index in [9.17, 15) is 5.26 Å². The molecule has 4 heterocycles. The van der Waals surface area contributed by atoms with Crippen LogP contribution >= 0.6 is 0 Å². The molecule has 0 amide bonds. The van der Waals surface area contributed by atoms with Crippen molar-refractivity contribution in [2.75, 3.05) is 18.0 Å². The normalized spacial score (nSPS) is 20.1. The monoisotopic (exact) mass is 361 g/mol. The fraction of sp³-hybridized carbons (Fsp3) is 0.500. The molecule has 2 aromatic rings. The predicted molar refractivity (Wildman–Crippen MR) is 107 cm³/mol. The summed E-state index contributed by atoms with van der Waals surface area (Å²) in [5.41, 5.74) is 4.22. The summed E-state index contributed by atoms with van der Waals surface area (Å²) >= 11 is 0. The smallest absolute Gasteiger partial charge is 0.128 e. The van der Waals surface area contributed by atoms with Crippen molar-refractivity contribution in [1.82, 2.24) is 14.8 Å². The van der Waals surface area contributed by atoms with Crippen molar-refractivity contribution >= 4 is 12.0 Å². The molecule has 5 nitrogen and oxygen atoms in total. The molecule has 0 spiro atoms. The number of allylic oxidation sites excluding steroid dienone is 1. The molecule has 0 N–H and O–H groups in total. The van der Waals surface area contributed by atoms with Gasteiger partial charge in [0.25, 0.3) is 0 Å². The molecule has 0 aromatic carbocycles.